The molecule has 0 saturated carbocycles. The first-order valence-corrected chi connectivity index (χ1v) is 7.85. The van der Waals surface area contributed by atoms with E-state index in [0.717, 1.165) is 32.4 Å². The number of aliphatic hydroxyl groups is 1. The molecule has 1 heterocycles. The van der Waals surface area contributed by atoms with Gasteiger partial charge in [0.2, 0.25) is 0 Å². The Labute approximate surface area is 122 Å². The highest BCUT2D eigenvalue weighted by Gasteiger charge is 2.55. The third-order valence-corrected chi connectivity index (χ3v) is 5.65. The lowest BCUT2D eigenvalue weighted by Gasteiger charge is -2.46. The highest BCUT2D eigenvalue weighted by atomic mass is 16.3. The summed E-state index contributed by atoms with van der Waals surface area (Å²) in [6.45, 7) is 8.80. The monoisotopic (exact) mass is 273 g/mol. The van der Waals surface area contributed by atoms with Gasteiger partial charge in [-0.2, -0.15) is 0 Å². The molecule has 1 fully saturated rings. The van der Waals surface area contributed by atoms with Crippen molar-refractivity contribution in [3.63, 3.8) is 0 Å². The van der Waals surface area contributed by atoms with Crippen molar-refractivity contribution in [2.75, 3.05) is 20.1 Å². The van der Waals surface area contributed by atoms with Gasteiger partial charge >= 0.3 is 0 Å². The quantitative estimate of drug-likeness (QED) is 0.850. The van der Waals surface area contributed by atoms with Gasteiger partial charge in [0.05, 0.1) is 5.60 Å². The van der Waals surface area contributed by atoms with Crippen molar-refractivity contribution in [3.8, 4) is 0 Å². The average molecular weight is 273 g/mol. The van der Waals surface area contributed by atoms with Gasteiger partial charge in [-0.3, -0.25) is 0 Å². The molecule has 2 aliphatic rings. The van der Waals surface area contributed by atoms with Crippen LogP contribution in [-0.2, 0) is 12.0 Å². The van der Waals surface area contributed by atoms with E-state index in [1.807, 2.05) is 0 Å². The maximum absolute atomic E-state index is 11.7. The van der Waals surface area contributed by atoms with E-state index in [1.165, 1.54) is 16.7 Å². The van der Waals surface area contributed by atoms with E-state index < -0.39 is 5.60 Å². The number of hydrogen-bond acceptors (Lipinski definition) is 2. The predicted octanol–water partition coefficient (Wildman–Crippen LogP) is 3.11. The van der Waals surface area contributed by atoms with Gasteiger partial charge in [-0.15, -0.1) is 0 Å². The molecule has 110 valence electrons. The van der Waals surface area contributed by atoms with Crippen molar-refractivity contribution in [2.24, 2.45) is 11.3 Å². The Balaban J connectivity index is 2.04. The van der Waals surface area contributed by atoms with Gasteiger partial charge in [-0.05, 0) is 63.4 Å². The average Bonchev–Trinajstić information content (AvgIpc) is 2.59. The number of hydrogen-bond donors (Lipinski definition) is 1. The standard InChI is InChI=1S/C18H27NO/c1-13-5-6-14-12-17(2,3)18(20,16(14)11-13)15-7-9-19(4)10-8-15/h5-6,11,15,20H,7-10,12H2,1-4H3. The molecule has 1 N–H and O–H groups in total. The molecular weight excluding hydrogens is 246 g/mol. The molecule has 1 aliphatic heterocycles. The molecule has 0 spiro atoms. The highest BCUT2D eigenvalue weighted by Crippen LogP contribution is 2.56. The first kappa shape index (κ1) is 14.1. The second-order valence-corrected chi connectivity index (χ2v) is 7.57. The summed E-state index contributed by atoms with van der Waals surface area (Å²) >= 11 is 0. The fourth-order valence-electron chi connectivity index (χ4n) is 4.37. The molecule has 3 rings (SSSR count). The molecule has 2 heteroatoms. The lowest BCUT2D eigenvalue weighted by molar-refractivity contribution is -0.121. The zero-order valence-corrected chi connectivity index (χ0v) is 13.2. The zero-order valence-electron chi connectivity index (χ0n) is 13.2. The van der Waals surface area contributed by atoms with Crippen LogP contribution in [0.15, 0.2) is 18.2 Å². The summed E-state index contributed by atoms with van der Waals surface area (Å²) in [5, 5.41) is 11.7. The molecule has 1 aliphatic carbocycles. The topological polar surface area (TPSA) is 23.5 Å². The number of benzene rings is 1. The predicted molar refractivity (Wildman–Crippen MR) is 82.8 cm³/mol. The van der Waals surface area contributed by atoms with Crippen LogP contribution in [0.4, 0.5) is 0 Å². The second-order valence-electron chi connectivity index (χ2n) is 7.57. The normalized spacial score (nSPS) is 30.4. The number of piperidine rings is 1. The summed E-state index contributed by atoms with van der Waals surface area (Å²) < 4.78 is 0. The number of nitrogens with zero attached hydrogens (tertiary/aromatic N) is 1. The van der Waals surface area contributed by atoms with Crippen molar-refractivity contribution in [3.05, 3.63) is 34.9 Å². The van der Waals surface area contributed by atoms with Crippen LogP contribution in [0, 0.1) is 18.3 Å². The highest BCUT2D eigenvalue weighted by molar-refractivity contribution is 5.43. The van der Waals surface area contributed by atoms with E-state index in [2.05, 4.69) is 50.9 Å². The largest absolute Gasteiger partial charge is 0.384 e. The van der Waals surface area contributed by atoms with Gasteiger partial charge in [0.15, 0.2) is 0 Å². The molecule has 20 heavy (non-hydrogen) atoms. The molecule has 1 aromatic rings. The smallest absolute Gasteiger partial charge is 0.0981 e. The molecule has 2 nitrogen and oxygen atoms in total. The lowest BCUT2D eigenvalue weighted by atomic mass is 9.65. The Kier molecular flexibility index (Phi) is 3.22. The Morgan fingerprint density at radius 3 is 2.50 bits per heavy atom. The number of rotatable bonds is 1. The van der Waals surface area contributed by atoms with Crippen LogP contribution in [-0.4, -0.2) is 30.1 Å². The zero-order chi connectivity index (χ0) is 14.5. The SMILES string of the molecule is Cc1ccc2c(c1)C(O)(C1CCN(C)CC1)C(C)(C)C2. The molecule has 1 saturated heterocycles. The number of fused-ring (bicyclic) bond motifs is 1. The summed E-state index contributed by atoms with van der Waals surface area (Å²) in [5.41, 5.74) is 3.09. The summed E-state index contributed by atoms with van der Waals surface area (Å²) in [7, 11) is 2.18. The van der Waals surface area contributed by atoms with E-state index in [-0.39, 0.29) is 5.41 Å². The third-order valence-electron chi connectivity index (χ3n) is 5.65. The van der Waals surface area contributed by atoms with Crippen molar-refractivity contribution in [2.45, 2.75) is 45.6 Å². The Morgan fingerprint density at radius 1 is 1.20 bits per heavy atom. The van der Waals surface area contributed by atoms with Gasteiger partial charge in [-0.1, -0.05) is 37.6 Å². The van der Waals surface area contributed by atoms with Crippen LogP contribution in [0.3, 0.4) is 0 Å². The van der Waals surface area contributed by atoms with Crippen molar-refractivity contribution >= 4 is 0 Å². The molecular formula is C18H27NO. The first-order valence-electron chi connectivity index (χ1n) is 7.85. The van der Waals surface area contributed by atoms with Crippen LogP contribution >= 0.6 is 0 Å². The van der Waals surface area contributed by atoms with Gasteiger partial charge in [0.1, 0.15) is 0 Å². The fraction of sp³-hybridized carbons (Fsp3) is 0.667. The Hall–Kier alpha value is -0.860. The van der Waals surface area contributed by atoms with Gasteiger partial charge in [0.25, 0.3) is 0 Å². The first-order chi connectivity index (χ1) is 9.34. The van der Waals surface area contributed by atoms with Gasteiger partial charge < -0.3 is 10.0 Å². The van der Waals surface area contributed by atoms with Crippen LogP contribution < -0.4 is 0 Å². The molecule has 0 aromatic heterocycles. The molecule has 0 bridgehead atoms. The van der Waals surface area contributed by atoms with E-state index in [9.17, 15) is 5.11 Å². The van der Waals surface area contributed by atoms with Crippen LogP contribution in [0.1, 0.15) is 43.4 Å². The molecule has 0 amide bonds. The molecule has 1 unspecified atom stereocenters. The summed E-state index contributed by atoms with van der Waals surface area (Å²) in [4.78, 5) is 2.37. The van der Waals surface area contributed by atoms with Crippen molar-refractivity contribution in [1.82, 2.24) is 4.90 Å². The van der Waals surface area contributed by atoms with Gasteiger partial charge in [0, 0.05) is 5.41 Å². The fourth-order valence-corrected chi connectivity index (χ4v) is 4.37. The second kappa shape index (κ2) is 4.57. The minimum Gasteiger partial charge on any atom is -0.384 e. The van der Waals surface area contributed by atoms with E-state index >= 15 is 0 Å². The van der Waals surface area contributed by atoms with E-state index in [4.69, 9.17) is 0 Å². The minimum absolute atomic E-state index is 0.0658. The maximum Gasteiger partial charge on any atom is 0.0981 e. The number of aryl methyl sites for hydroxylation is 1. The molecule has 1 aromatic carbocycles. The van der Waals surface area contributed by atoms with Crippen molar-refractivity contribution in [1.29, 1.82) is 0 Å². The van der Waals surface area contributed by atoms with Gasteiger partial charge in [-0.25, -0.2) is 0 Å². The maximum atomic E-state index is 11.7. The summed E-state index contributed by atoms with van der Waals surface area (Å²) in [5.74, 6) is 0.386. The van der Waals surface area contributed by atoms with Crippen LogP contribution in [0.2, 0.25) is 0 Å². The molecule has 1 atom stereocenters. The minimum atomic E-state index is -0.657. The third kappa shape index (κ3) is 1.93. The van der Waals surface area contributed by atoms with Crippen molar-refractivity contribution < 1.29 is 5.11 Å². The van der Waals surface area contributed by atoms with Crippen LogP contribution in [0.25, 0.3) is 0 Å². The van der Waals surface area contributed by atoms with E-state index in [0.29, 0.717) is 5.92 Å². The summed E-state index contributed by atoms with van der Waals surface area (Å²) in [6.07, 6.45) is 3.19. The lowest BCUT2D eigenvalue weighted by Crippen LogP contribution is -2.49. The Bertz CT molecular complexity index is 514. The number of likely N-dealkylation sites (tertiary alicyclic amines) is 1. The Morgan fingerprint density at radius 2 is 1.85 bits per heavy atom. The molecule has 0 radical (unpaired) electrons. The van der Waals surface area contributed by atoms with E-state index in [1.54, 1.807) is 0 Å². The van der Waals surface area contributed by atoms with Crippen LogP contribution in [0.5, 0.6) is 0 Å². The summed E-state index contributed by atoms with van der Waals surface area (Å²) in [6, 6.07) is 6.62.